The van der Waals surface area contributed by atoms with Gasteiger partial charge in [0.25, 0.3) is 5.91 Å². The van der Waals surface area contributed by atoms with Gasteiger partial charge in [-0.3, -0.25) is 4.79 Å². The molecule has 24 heavy (non-hydrogen) atoms. The van der Waals surface area contributed by atoms with Crippen LogP contribution < -0.4 is 4.74 Å². The fourth-order valence-corrected chi connectivity index (χ4v) is 3.09. The second-order valence-electron chi connectivity index (χ2n) is 6.25. The first-order chi connectivity index (χ1) is 11.5. The lowest BCUT2D eigenvalue weighted by Crippen LogP contribution is -2.47. The third-order valence-corrected chi connectivity index (χ3v) is 4.61. The zero-order valence-corrected chi connectivity index (χ0v) is 14.7. The number of piperazine rings is 1. The summed E-state index contributed by atoms with van der Waals surface area (Å²) in [5.74, 6) is 0.881. The lowest BCUT2D eigenvalue weighted by molar-refractivity contribution is 0.0662. The summed E-state index contributed by atoms with van der Waals surface area (Å²) in [6, 6.07) is 7.69. The minimum Gasteiger partial charge on any atom is -0.497 e. The van der Waals surface area contributed by atoms with E-state index in [1.54, 1.807) is 7.11 Å². The molecular formula is C18H24N4O2. The molecular weight excluding hydrogens is 304 g/mol. The second-order valence-corrected chi connectivity index (χ2v) is 6.25. The minimum absolute atomic E-state index is 0.0814. The third kappa shape index (κ3) is 3.01. The number of aryl methyl sites for hydroxylation is 1. The zero-order chi connectivity index (χ0) is 17.3. The van der Waals surface area contributed by atoms with Gasteiger partial charge in [-0.1, -0.05) is 0 Å². The number of hydrogen-bond acceptors (Lipinski definition) is 4. The van der Waals surface area contributed by atoms with E-state index in [2.05, 4.69) is 17.0 Å². The van der Waals surface area contributed by atoms with Crippen LogP contribution in [0.3, 0.4) is 0 Å². The van der Waals surface area contributed by atoms with Crippen LogP contribution in [0, 0.1) is 13.8 Å². The molecule has 1 aromatic heterocycles. The molecule has 1 amide bonds. The van der Waals surface area contributed by atoms with E-state index in [1.807, 2.05) is 47.7 Å². The van der Waals surface area contributed by atoms with Gasteiger partial charge in [0.1, 0.15) is 5.75 Å². The SMILES string of the molecule is COc1ccc(-n2nc(C)c(C(=O)N3CCN(C)CC3)c2C)cc1. The summed E-state index contributed by atoms with van der Waals surface area (Å²) in [6.07, 6.45) is 0. The Hall–Kier alpha value is -2.34. The fourth-order valence-electron chi connectivity index (χ4n) is 3.09. The van der Waals surface area contributed by atoms with Gasteiger partial charge < -0.3 is 14.5 Å². The molecule has 1 aliphatic rings. The largest absolute Gasteiger partial charge is 0.497 e. The molecule has 0 spiro atoms. The first kappa shape index (κ1) is 16.5. The first-order valence-electron chi connectivity index (χ1n) is 8.19. The summed E-state index contributed by atoms with van der Waals surface area (Å²) in [7, 11) is 3.73. The van der Waals surface area contributed by atoms with Gasteiger partial charge in [-0.25, -0.2) is 4.68 Å². The Morgan fingerprint density at radius 2 is 1.71 bits per heavy atom. The van der Waals surface area contributed by atoms with E-state index in [0.29, 0.717) is 0 Å². The Balaban J connectivity index is 1.89. The van der Waals surface area contributed by atoms with E-state index in [-0.39, 0.29) is 5.91 Å². The van der Waals surface area contributed by atoms with Crippen molar-refractivity contribution in [1.29, 1.82) is 0 Å². The monoisotopic (exact) mass is 328 g/mol. The molecule has 6 heteroatoms. The van der Waals surface area contributed by atoms with Crippen molar-refractivity contribution in [1.82, 2.24) is 19.6 Å². The lowest BCUT2D eigenvalue weighted by Gasteiger charge is -2.32. The molecule has 128 valence electrons. The van der Waals surface area contributed by atoms with Crippen molar-refractivity contribution in [2.75, 3.05) is 40.3 Å². The van der Waals surface area contributed by atoms with Gasteiger partial charge in [-0.2, -0.15) is 5.10 Å². The second kappa shape index (κ2) is 6.65. The highest BCUT2D eigenvalue weighted by molar-refractivity contribution is 5.96. The minimum atomic E-state index is 0.0814. The van der Waals surface area contributed by atoms with E-state index < -0.39 is 0 Å². The maximum Gasteiger partial charge on any atom is 0.257 e. The van der Waals surface area contributed by atoms with Gasteiger partial charge in [0, 0.05) is 26.2 Å². The summed E-state index contributed by atoms with van der Waals surface area (Å²) in [6.45, 7) is 7.21. The number of amides is 1. The highest BCUT2D eigenvalue weighted by Gasteiger charge is 2.26. The maximum absolute atomic E-state index is 12.9. The number of carbonyl (C=O) groups excluding carboxylic acids is 1. The molecule has 2 aromatic rings. The molecule has 3 rings (SSSR count). The van der Waals surface area contributed by atoms with Gasteiger partial charge in [0.05, 0.1) is 29.7 Å². The number of methoxy groups -OCH3 is 1. The van der Waals surface area contributed by atoms with Crippen LogP contribution in [0.2, 0.25) is 0 Å². The van der Waals surface area contributed by atoms with E-state index in [4.69, 9.17) is 4.74 Å². The van der Waals surface area contributed by atoms with Crippen molar-refractivity contribution in [3.05, 3.63) is 41.2 Å². The molecule has 0 saturated carbocycles. The summed E-state index contributed by atoms with van der Waals surface area (Å²) in [5.41, 5.74) is 3.29. The summed E-state index contributed by atoms with van der Waals surface area (Å²) in [4.78, 5) is 17.1. The number of carbonyl (C=O) groups is 1. The normalized spacial score (nSPS) is 15.6. The van der Waals surface area contributed by atoms with Crippen LogP contribution in [-0.4, -0.2) is 65.8 Å². The lowest BCUT2D eigenvalue weighted by atomic mass is 10.1. The molecule has 1 aromatic carbocycles. The molecule has 0 N–H and O–H groups in total. The van der Waals surface area contributed by atoms with Crippen molar-refractivity contribution in [3.8, 4) is 11.4 Å². The Morgan fingerprint density at radius 1 is 1.08 bits per heavy atom. The fraction of sp³-hybridized carbons (Fsp3) is 0.444. The van der Waals surface area contributed by atoms with Gasteiger partial charge in [0.2, 0.25) is 0 Å². The van der Waals surface area contributed by atoms with Crippen LogP contribution in [-0.2, 0) is 0 Å². The van der Waals surface area contributed by atoms with E-state index >= 15 is 0 Å². The summed E-state index contributed by atoms with van der Waals surface area (Å²) >= 11 is 0. The number of rotatable bonds is 3. The molecule has 6 nitrogen and oxygen atoms in total. The van der Waals surface area contributed by atoms with Crippen molar-refractivity contribution in [3.63, 3.8) is 0 Å². The standard InChI is InChI=1S/C18H24N4O2/c1-13-17(18(23)21-11-9-20(3)10-12-21)14(2)22(19-13)15-5-7-16(24-4)8-6-15/h5-8H,9-12H2,1-4H3. The van der Waals surface area contributed by atoms with Crippen molar-refractivity contribution >= 4 is 5.91 Å². The van der Waals surface area contributed by atoms with Gasteiger partial charge >= 0.3 is 0 Å². The predicted molar refractivity (Wildman–Crippen MR) is 93.0 cm³/mol. The van der Waals surface area contributed by atoms with Crippen molar-refractivity contribution in [2.24, 2.45) is 0 Å². The molecule has 1 saturated heterocycles. The average Bonchev–Trinajstić information content (AvgIpc) is 2.89. The molecule has 1 fully saturated rings. The van der Waals surface area contributed by atoms with E-state index in [1.165, 1.54) is 0 Å². The molecule has 0 aliphatic carbocycles. The van der Waals surface area contributed by atoms with Crippen molar-refractivity contribution in [2.45, 2.75) is 13.8 Å². The molecule has 0 atom stereocenters. The number of nitrogens with zero attached hydrogens (tertiary/aromatic N) is 4. The number of likely N-dealkylation sites (N-methyl/N-ethyl adjacent to an activating group) is 1. The summed E-state index contributed by atoms with van der Waals surface area (Å²) in [5, 5.41) is 4.58. The molecule has 0 bridgehead atoms. The Labute approximate surface area is 142 Å². The molecule has 1 aliphatic heterocycles. The van der Waals surface area contributed by atoms with E-state index in [0.717, 1.165) is 54.6 Å². The highest BCUT2D eigenvalue weighted by atomic mass is 16.5. The van der Waals surface area contributed by atoms with Crippen LogP contribution in [0.5, 0.6) is 5.75 Å². The van der Waals surface area contributed by atoms with Crippen LogP contribution >= 0.6 is 0 Å². The predicted octanol–water partition coefficient (Wildman–Crippen LogP) is 1.89. The topological polar surface area (TPSA) is 50.6 Å². The van der Waals surface area contributed by atoms with Crippen molar-refractivity contribution < 1.29 is 9.53 Å². The Kier molecular flexibility index (Phi) is 4.57. The Morgan fingerprint density at radius 3 is 2.29 bits per heavy atom. The molecule has 0 unspecified atom stereocenters. The van der Waals surface area contributed by atoms with Crippen LogP contribution in [0.1, 0.15) is 21.7 Å². The molecule has 0 radical (unpaired) electrons. The smallest absolute Gasteiger partial charge is 0.257 e. The number of aromatic nitrogens is 2. The maximum atomic E-state index is 12.9. The average molecular weight is 328 g/mol. The summed E-state index contributed by atoms with van der Waals surface area (Å²) < 4.78 is 7.03. The van der Waals surface area contributed by atoms with Gasteiger partial charge in [-0.15, -0.1) is 0 Å². The van der Waals surface area contributed by atoms with Crippen LogP contribution in [0.25, 0.3) is 5.69 Å². The van der Waals surface area contributed by atoms with Crippen LogP contribution in [0.4, 0.5) is 0 Å². The number of hydrogen-bond donors (Lipinski definition) is 0. The number of ether oxygens (including phenoxy) is 1. The van der Waals surface area contributed by atoms with Gasteiger partial charge in [0.15, 0.2) is 0 Å². The number of benzene rings is 1. The van der Waals surface area contributed by atoms with E-state index in [9.17, 15) is 4.79 Å². The zero-order valence-electron chi connectivity index (χ0n) is 14.7. The van der Waals surface area contributed by atoms with Gasteiger partial charge in [-0.05, 0) is 45.2 Å². The Bertz CT molecular complexity index is 728. The first-order valence-corrected chi connectivity index (χ1v) is 8.19. The molecule has 2 heterocycles. The highest BCUT2D eigenvalue weighted by Crippen LogP contribution is 2.22. The quantitative estimate of drug-likeness (QED) is 0.863. The van der Waals surface area contributed by atoms with Crippen LogP contribution in [0.15, 0.2) is 24.3 Å². The third-order valence-electron chi connectivity index (χ3n) is 4.61.